The van der Waals surface area contributed by atoms with Gasteiger partial charge in [0.15, 0.2) is 0 Å². The second-order valence-corrected chi connectivity index (χ2v) is 4.52. The molecule has 1 saturated heterocycles. The third kappa shape index (κ3) is 2.84. The Morgan fingerprint density at radius 3 is 2.47 bits per heavy atom. The topological polar surface area (TPSA) is 35.6 Å². The summed E-state index contributed by atoms with van der Waals surface area (Å²) >= 11 is 0. The van der Waals surface area contributed by atoms with Crippen LogP contribution in [0.25, 0.3) is 0 Å². The molecule has 92 valence electrons. The number of para-hydroxylation sites is 1. The van der Waals surface area contributed by atoms with Gasteiger partial charge in [-0.3, -0.25) is 9.69 Å². The molecule has 1 aromatic rings. The number of nitrogens with zero attached hydrogens (tertiary/aromatic N) is 2. The largest absolute Gasteiger partial charge is 0.314 e. The van der Waals surface area contributed by atoms with Crippen molar-refractivity contribution in [2.75, 3.05) is 38.6 Å². The van der Waals surface area contributed by atoms with E-state index in [-0.39, 0.29) is 5.91 Å². The van der Waals surface area contributed by atoms with E-state index < -0.39 is 0 Å². The summed E-state index contributed by atoms with van der Waals surface area (Å²) in [6.07, 6.45) is 0. The lowest BCUT2D eigenvalue weighted by Gasteiger charge is -2.35. The van der Waals surface area contributed by atoms with Crippen LogP contribution in [0, 0.1) is 0 Å². The average Bonchev–Trinajstić information content (AvgIpc) is 2.26. The van der Waals surface area contributed by atoms with Gasteiger partial charge in [-0.15, -0.1) is 0 Å². The highest BCUT2D eigenvalue weighted by Gasteiger charge is 2.24. The predicted molar refractivity (Wildman–Crippen MR) is 69.1 cm³/mol. The van der Waals surface area contributed by atoms with Gasteiger partial charge in [-0.1, -0.05) is 18.2 Å². The first-order valence-electron chi connectivity index (χ1n) is 5.91. The zero-order valence-corrected chi connectivity index (χ0v) is 10.4. The van der Waals surface area contributed by atoms with Gasteiger partial charge in [0.2, 0.25) is 5.91 Å². The van der Waals surface area contributed by atoms with Crippen molar-refractivity contribution in [2.45, 2.75) is 6.04 Å². The van der Waals surface area contributed by atoms with Crippen LogP contribution < -0.4 is 10.2 Å². The number of rotatable bonds is 4. The lowest BCUT2D eigenvalue weighted by Crippen LogP contribution is -2.57. The maximum Gasteiger partial charge on any atom is 0.240 e. The monoisotopic (exact) mass is 233 g/mol. The lowest BCUT2D eigenvalue weighted by atomic mass is 10.1. The molecule has 0 saturated carbocycles. The SMILES string of the molecule is CN(C(=O)CN(C)C1CNC1)c1ccccc1. The van der Waals surface area contributed by atoms with Crippen LogP contribution in [-0.2, 0) is 4.79 Å². The summed E-state index contributed by atoms with van der Waals surface area (Å²) in [7, 11) is 3.83. The summed E-state index contributed by atoms with van der Waals surface area (Å²) in [6.45, 7) is 2.44. The van der Waals surface area contributed by atoms with E-state index in [2.05, 4.69) is 10.2 Å². The Labute approximate surface area is 102 Å². The molecule has 0 spiro atoms. The molecular weight excluding hydrogens is 214 g/mol. The number of amides is 1. The zero-order chi connectivity index (χ0) is 12.3. The van der Waals surface area contributed by atoms with Gasteiger partial charge in [0.05, 0.1) is 6.54 Å². The average molecular weight is 233 g/mol. The number of benzene rings is 1. The molecular formula is C13H19N3O. The molecule has 1 N–H and O–H groups in total. The maximum atomic E-state index is 12.1. The molecule has 1 aliphatic heterocycles. The molecule has 0 aliphatic carbocycles. The summed E-state index contributed by atoms with van der Waals surface area (Å²) < 4.78 is 0. The summed E-state index contributed by atoms with van der Waals surface area (Å²) in [6, 6.07) is 10.2. The van der Waals surface area contributed by atoms with E-state index in [0.29, 0.717) is 12.6 Å². The van der Waals surface area contributed by atoms with Crippen molar-refractivity contribution in [3.05, 3.63) is 30.3 Å². The Hall–Kier alpha value is -1.39. The van der Waals surface area contributed by atoms with Crippen molar-refractivity contribution in [2.24, 2.45) is 0 Å². The fourth-order valence-corrected chi connectivity index (χ4v) is 1.83. The van der Waals surface area contributed by atoms with Crippen LogP contribution in [-0.4, -0.2) is 50.6 Å². The fraction of sp³-hybridized carbons (Fsp3) is 0.462. The first kappa shape index (κ1) is 12.1. The van der Waals surface area contributed by atoms with Gasteiger partial charge in [0, 0.05) is 31.9 Å². The van der Waals surface area contributed by atoms with Gasteiger partial charge in [-0.25, -0.2) is 0 Å². The first-order chi connectivity index (χ1) is 8.18. The second-order valence-electron chi connectivity index (χ2n) is 4.52. The number of hydrogen-bond acceptors (Lipinski definition) is 3. The van der Waals surface area contributed by atoms with E-state index in [1.807, 2.05) is 44.4 Å². The van der Waals surface area contributed by atoms with E-state index >= 15 is 0 Å². The number of likely N-dealkylation sites (N-methyl/N-ethyl adjacent to an activating group) is 2. The smallest absolute Gasteiger partial charge is 0.240 e. The highest BCUT2D eigenvalue weighted by Crippen LogP contribution is 2.12. The summed E-state index contributed by atoms with van der Waals surface area (Å²) in [5.41, 5.74) is 0.942. The van der Waals surface area contributed by atoms with Crippen LogP contribution in [0.2, 0.25) is 0 Å². The van der Waals surface area contributed by atoms with Gasteiger partial charge < -0.3 is 10.2 Å². The third-order valence-corrected chi connectivity index (χ3v) is 3.29. The molecule has 1 fully saturated rings. The zero-order valence-electron chi connectivity index (χ0n) is 10.4. The first-order valence-corrected chi connectivity index (χ1v) is 5.91. The summed E-state index contributed by atoms with van der Waals surface area (Å²) in [5, 5.41) is 3.21. The number of hydrogen-bond donors (Lipinski definition) is 1. The van der Waals surface area contributed by atoms with Gasteiger partial charge in [-0.2, -0.15) is 0 Å². The normalized spacial score (nSPS) is 15.7. The van der Waals surface area contributed by atoms with Crippen LogP contribution in [0.4, 0.5) is 5.69 Å². The van der Waals surface area contributed by atoms with Crippen molar-refractivity contribution >= 4 is 11.6 Å². The van der Waals surface area contributed by atoms with Crippen LogP contribution in [0.1, 0.15) is 0 Å². The molecule has 1 aromatic carbocycles. The Bertz CT molecular complexity index is 376. The highest BCUT2D eigenvalue weighted by atomic mass is 16.2. The molecule has 1 aliphatic rings. The van der Waals surface area contributed by atoms with Gasteiger partial charge in [0.25, 0.3) is 0 Å². The number of carbonyl (C=O) groups excluding carboxylic acids is 1. The van der Waals surface area contributed by atoms with Crippen LogP contribution in [0.5, 0.6) is 0 Å². The summed E-state index contributed by atoms with van der Waals surface area (Å²) in [5.74, 6) is 0.130. The number of anilines is 1. The molecule has 0 bridgehead atoms. The van der Waals surface area contributed by atoms with Crippen molar-refractivity contribution in [1.82, 2.24) is 10.2 Å². The molecule has 0 atom stereocenters. The van der Waals surface area contributed by atoms with Crippen LogP contribution in [0.3, 0.4) is 0 Å². The van der Waals surface area contributed by atoms with Crippen molar-refractivity contribution in [3.8, 4) is 0 Å². The Kier molecular flexibility index (Phi) is 3.76. The van der Waals surface area contributed by atoms with Gasteiger partial charge in [0.1, 0.15) is 0 Å². The van der Waals surface area contributed by atoms with E-state index in [9.17, 15) is 4.79 Å². The van der Waals surface area contributed by atoms with Gasteiger partial charge in [-0.05, 0) is 19.2 Å². The molecule has 0 aromatic heterocycles. The molecule has 0 unspecified atom stereocenters. The molecule has 17 heavy (non-hydrogen) atoms. The van der Waals surface area contributed by atoms with Crippen molar-refractivity contribution in [3.63, 3.8) is 0 Å². The number of nitrogens with one attached hydrogen (secondary N) is 1. The van der Waals surface area contributed by atoms with Crippen LogP contribution >= 0.6 is 0 Å². The quantitative estimate of drug-likeness (QED) is 0.825. The predicted octanol–water partition coefficient (Wildman–Crippen LogP) is 0.553. The number of carbonyl (C=O) groups is 1. The van der Waals surface area contributed by atoms with E-state index in [0.717, 1.165) is 18.8 Å². The molecule has 4 nitrogen and oxygen atoms in total. The summed E-state index contributed by atoms with van der Waals surface area (Å²) in [4.78, 5) is 15.9. The Morgan fingerprint density at radius 2 is 1.94 bits per heavy atom. The maximum absolute atomic E-state index is 12.1. The minimum atomic E-state index is 0.130. The molecule has 1 heterocycles. The molecule has 1 amide bonds. The van der Waals surface area contributed by atoms with Crippen molar-refractivity contribution in [1.29, 1.82) is 0 Å². The van der Waals surface area contributed by atoms with E-state index in [1.165, 1.54) is 0 Å². The Morgan fingerprint density at radius 1 is 1.29 bits per heavy atom. The molecule has 2 rings (SSSR count). The molecule has 4 heteroatoms. The van der Waals surface area contributed by atoms with Gasteiger partial charge >= 0.3 is 0 Å². The van der Waals surface area contributed by atoms with E-state index in [1.54, 1.807) is 4.90 Å². The van der Waals surface area contributed by atoms with E-state index in [4.69, 9.17) is 0 Å². The third-order valence-electron chi connectivity index (χ3n) is 3.29. The standard InChI is InChI=1S/C13H19N3O/c1-15(12-8-14-9-12)10-13(17)16(2)11-6-4-3-5-7-11/h3-7,12,14H,8-10H2,1-2H3. The van der Waals surface area contributed by atoms with Crippen molar-refractivity contribution < 1.29 is 4.79 Å². The minimum Gasteiger partial charge on any atom is -0.314 e. The second kappa shape index (κ2) is 5.29. The lowest BCUT2D eigenvalue weighted by molar-refractivity contribution is -0.119. The fourth-order valence-electron chi connectivity index (χ4n) is 1.83. The highest BCUT2D eigenvalue weighted by molar-refractivity contribution is 5.94. The molecule has 0 radical (unpaired) electrons. The Balaban J connectivity index is 1.91. The van der Waals surface area contributed by atoms with Crippen LogP contribution in [0.15, 0.2) is 30.3 Å². The minimum absolute atomic E-state index is 0.130.